The van der Waals surface area contributed by atoms with E-state index >= 15 is 0 Å². The maximum absolute atomic E-state index is 12.1. The van der Waals surface area contributed by atoms with Gasteiger partial charge in [0.25, 0.3) is 0 Å². The Morgan fingerprint density at radius 3 is 3.19 bits per heavy atom. The van der Waals surface area contributed by atoms with Crippen LogP contribution < -0.4 is 5.32 Å². The molecule has 0 aromatic carbocycles. The van der Waals surface area contributed by atoms with Gasteiger partial charge in [0.05, 0.1) is 18.8 Å². The molecule has 0 aliphatic carbocycles. The van der Waals surface area contributed by atoms with Crippen molar-refractivity contribution in [1.29, 1.82) is 0 Å². The number of hydrogen-bond acceptors (Lipinski definition) is 5. The Balaban J connectivity index is 1.54. The van der Waals surface area contributed by atoms with E-state index in [4.69, 9.17) is 0 Å². The molecule has 7 heteroatoms. The van der Waals surface area contributed by atoms with E-state index in [1.165, 1.54) is 11.3 Å². The minimum atomic E-state index is 0.0108. The number of nitrogens with zero attached hydrogens (tertiary/aromatic N) is 4. The first-order chi connectivity index (χ1) is 10.2. The fourth-order valence-corrected chi connectivity index (χ4v) is 3.39. The highest BCUT2D eigenvalue weighted by atomic mass is 32.1. The lowest BCUT2D eigenvalue weighted by Crippen LogP contribution is -2.39. The zero-order valence-corrected chi connectivity index (χ0v) is 12.8. The predicted molar refractivity (Wildman–Crippen MR) is 82.3 cm³/mol. The summed E-state index contributed by atoms with van der Waals surface area (Å²) in [5.41, 5.74) is 0.938. The summed E-state index contributed by atoms with van der Waals surface area (Å²) < 4.78 is 1.94. The molecule has 3 heterocycles. The second-order valence-corrected chi connectivity index (χ2v) is 6.19. The number of thiazole rings is 1. The van der Waals surface area contributed by atoms with Crippen LogP contribution in [0.25, 0.3) is 0 Å². The lowest BCUT2D eigenvalue weighted by Gasteiger charge is -2.23. The average Bonchev–Trinajstić information content (AvgIpc) is 3.15. The maximum Gasteiger partial charge on any atom is 0.240 e. The highest BCUT2D eigenvalue weighted by Crippen LogP contribution is 2.19. The van der Waals surface area contributed by atoms with Gasteiger partial charge in [0.15, 0.2) is 5.13 Å². The third kappa shape index (κ3) is 3.68. The molecule has 1 saturated heterocycles. The van der Waals surface area contributed by atoms with E-state index in [1.54, 1.807) is 6.20 Å². The molecule has 1 amide bonds. The van der Waals surface area contributed by atoms with Gasteiger partial charge < -0.3 is 5.32 Å². The number of aromatic nitrogens is 3. The summed E-state index contributed by atoms with van der Waals surface area (Å²) in [4.78, 5) is 18.6. The zero-order valence-electron chi connectivity index (χ0n) is 12.0. The van der Waals surface area contributed by atoms with Crippen LogP contribution in [-0.2, 0) is 11.3 Å². The average molecular weight is 305 g/mol. The van der Waals surface area contributed by atoms with Crippen molar-refractivity contribution in [3.8, 4) is 0 Å². The number of nitrogens with one attached hydrogen (secondary N) is 1. The normalized spacial score (nSPS) is 19.0. The van der Waals surface area contributed by atoms with Crippen LogP contribution in [0.15, 0.2) is 23.8 Å². The SMILES string of the molecule is Cc1csc(NC(=O)CN2CCC[C@@H]2Cn2cccn2)n1. The highest BCUT2D eigenvalue weighted by Gasteiger charge is 2.26. The van der Waals surface area contributed by atoms with Crippen molar-refractivity contribution in [2.45, 2.75) is 32.4 Å². The number of carbonyl (C=O) groups excluding carboxylic acids is 1. The third-order valence-electron chi connectivity index (χ3n) is 3.67. The molecular weight excluding hydrogens is 286 g/mol. The third-order valence-corrected chi connectivity index (χ3v) is 4.54. The monoisotopic (exact) mass is 305 g/mol. The number of hydrogen-bond donors (Lipinski definition) is 1. The molecule has 0 spiro atoms. The molecule has 6 nitrogen and oxygen atoms in total. The summed E-state index contributed by atoms with van der Waals surface area (Å²) in [6.07, 6.45) is 6.00. The van der Waals surface area contributed by atoms with E-state index in [0.29, 0.717) is 17.7 Å². The molecule has 21 heavy (non-hydrogen) atoms. The molecule has 2 aromatic heterocycles. The van der Waals surface area contributed by atoms with Crippen LogP contribution in [0.5, 0.6) is 0 Å². The van der Waals surface area contributed by atoms with Crippen molar-refractivity contribution < 1.29 is 4.79 Å². The first kappa shape index (κ1) is 14.2. The molecule has 1 aliphatic heterocycles. The van der Waals surface area contributed by atoms with Crippen LogP contribution in [-0.4, -0.2) is 44.7 Å². The molecule has 1 N–H and O–H groups in total. The summed E-state index contributed by atoms with van der Waals surface area (Å²) in [6.45, 7) is 4.16. The Bertz CT molecular complexity index is 594. The topological polar surface area (TPSA) is 63.1 Å². The molecule has 3 rings (SSSR count). The van der Waals surface area contributed by atoms with Gasteiger partial charge in [-0.1, -0.05) is 0 Å². The molecular formula is C14H19N5OS. The van der Waals surface area contributed by atoms with Crippen molar-refractivity contribution in [2.24, 2.45) is 0 Å². The van der Waals surface area contributed by atoms with Gasteiger partial charge in [0.1, 0.15) is 0 Å². The first-order valence-corrected chi connectivity index (χ1v) is 8.02. The quantitative estimate of drug-likeness (QED) is 0.914. The highest BCUT2D eigenvalue weighted by molar-refractivity contribution is 7.13. The van der Waals surface area contributed by atoms with Gasteiger partial charge in [-0.3, -0.25) is 14.4 Å². The van der Waals surface area contributed by atoms with E-state index in [9.17, 15) is 4.79 Å². The van der Waals surface area contributed by atoms with Gasteiger partial charge in [-0.2, -0.15) is 5.10 Å². The lowest BCUT2D eigenvalue weighted by molar-refractivity contribution is -0.117. The first-order valence-electron chi connectivity index (χ1n) is 7.14. The fourth-order valence-electron chi connectivity index (χ4n) is 2.69. The number of anilines is 1. The van der Waals surface area contributed by atoms with E-state index in [1.807, 2.05) is 29.2 Å². The standard InChI is InChI=1S/C14H19N5OS/c1-11-10-21-14(16-11)17-13(20)9-18-6-2-4-12(18)8-19-7-3-5-15-19/h3,5,7,10,12H,2,4,6,8-9H2,1H3,(H,16,17,20)/t12-/m1/s1. The molecule has 1 fully saturated rings. The summed E-state index contributed by atoms with van der Waals surface area (Å²) in [5.74, 6) is 0.0108. The molecule has 0 unspecified atom stereocenters. The Labute approximate surface area is 127 Å². The van der Waals surface area contributed by atoms with Gasteiger partial charge >= 0.3 is 0 Å². The number of rotatable bonds is 5. The Hall–Kier alpha value is -1.73. The molecule has 0 bridgehead atoms. The van der Waals surface area contributed by atoms with Gasteiger partial charge in [-0.05, 0) is 32.4 Å². The number of carbonyl (C=O) groups is 1. The van der Waals surface area contributed by atoms with Crippen molar-refractivity contribution in [2.75, 3.05) is 18.4 Å². The van der Waals surface area contributed by atoms with Crippen LogP contribution in [0.3, 0.4) is 0 Å². The molecule has 1 aliphatic rings. The van der Waals surface area contributed by atoms with Crippen molar-refractivity contribution in [1.82, 2.24) is 19.7 Å². The minimum Gasteiger partial charge on any atom is -0.301 e. The van der Waals surface area contributed by atoms with E-state index in [-0.39, 0.29) is 5.91 Å². The van der Waals surface area contributed by atoms with Crippen LogP contribution in [0.1, 0.15) is 18.5 Å². The van der Waals surface area contributed by atoms with Gasteiger partial charge in [0.2, 0.25) is 5.91 Å². The number of amides is 1. The minimum absolute atomic E-state index is 0.0108. The van der Waals surface area contributed by atoms with E-state index in [0.717, 1.165) is 31.6 Å². The van der Waals surface area contributed by atoms with Gasteiger partial charge in [-0.25, -0.2) is 4.98 Å². The summed E-state index contributed by atoms with van der Waals surface area (Å²) >= 11 is 1.46. The number of likely N-dealkylation sites (tertiary alicyclic amines) is 1. The van der Waals surface area contributed by atoms with Gasteiger partial charge in [-0.15, -0.1) is 11.3 Å². The molecule has 0 radical (unpaired) electrons. The van der Waals surface area contributed by atoms with Gasteiger partial charge in [0, 0.05) is 23.8 Å². The van der Waals surface area contributed by atoms with Crippen LogP contribution >= 0.6 is 11.3 Å². The molecule has 1 atom stereocenters. The molecule has 112 valence electrons. The Kier molecular flexibility index (Phi) is 4.31. The van der Waals surface area contributed by atoms with Crippen molar-refractivity contribution >= 4 is 22.4 Å². The summed E-state index contributed by atoms with van der Waals surface area (Å²) in [5, 5.41) is 9.74. The molecule has 2 aromatic rings. The predicted octanol–water partition coefficient (Wildman–Crippen LogP) is 1.75. The second-order valence-electron chi connectivity index (χ2n) is 5.34. The van der Waals surface area contributed by atoms with Crippen LogP contribution in [0, 0.1) is 6.92 Å². The lowest BCUT2D eigenvalue weighted by atomic mass is 10.2. The summed E-state index contributed by atoms with van der Waals surface area (Å²) in [7, 11) is 0. The van der Waals surface area contributed by atoms with Crippen LogP contribution in [0.4, 0.5) is 5.13 Å². The number of aryl methyl sites for hydroxylation is 1. The smallest absolute Gasteiger partial charge is 0.240 e. The van der Waals surface area contributed by atoms with Crippen molar-refractivity contribution in [3.63, 3.8) is 0 Å². The van der Waals surface area contributed by atoms with Crippen LogP contribution in [0.2, 0.25) is 0 Å². The fraction of sp³-hybridized carbons (Fsp3) is 0.500. The maximum atomic E-state index is 12.1. The summed E-state index contributed by atoms with van der Waals surface area (Å²) in [6, 6.07) is 2.31. The second kappa shape index (κ2) is 6.36. The van der Waals surface area contributed by atoms with E-state index in [2.05, 4.69) is 20.3 Å². The largest absolute Gasteiger partial charge is 0.301 e. The molecule has 0 saturated carbocycles. The Morgan fingerprint density at radius 2 is 2.48 bits per heavy atom. The van der Waals surface area contributed by atoms with Crippen molar-refractivity contribution in [3.05, 3.63) is 29.5 Å². The Morgan fingerprint density at radius 1 is 1.57 bits per heavy atom. The zero-order chi connectivity index (χ0) is 14.7. The van der Waals surface area contributed by atoms with E-state index < -0.39 is 0 Å².